The number of aliphatic hydroxyl groups is 1. The second-order valence-corrected chi connectivity index (χ2v) is 30.0. The summed E-state index contributed by atoms with van der Waals surface area (Å²) in [6, 6.07) is 32.7. The summed E-state index contributed by atoms with van der Waals surface area (Å²) >= 11 is 1.55. The van der Waals surface area contributed by atoms with E-state index in [9.17, 15) is 19.5 Å². The molecule has 0 saturated carbocycles. The molecule has 4 heterocycles. The Bertz CT molecular complexity index is 3430. The number of carbonyl (C=O) groups is 3. The number of nitrogens with zero attached hydrogens (tertiary/aromatic N) is 3. The van der Waals surface area contributed by atoms with E-state index in [1.807, 2.05) is 137 Å². The van der Waals surface area contributed by atoms with Crippen LogP contribution in [-0.2, 0) is 46.0 Å². The number of amides is 3. The van der Waals surface area contributed by atoms with Gasteiger partial charge in [-0.2, -0.15) is 0 Å². The van der Waals surface area contributed by atoms with E-state index < -0.39 is 97.5 Å². The molecule has 2 aromatic heterocycles. The number of hydrogen-bond donors (Lipinski definition) is 4. The van der Waals surface area contributed by atoms with Crippen molar-refractivity contribution in [3.8, 4) is 16.2 Å². The van der Waals surface area contributed by atoms with Gasteiger partial charge in [-0.05, 0) is 63.9 Å². The van der Waals surface area contributed by atoms with E-state index in [0.29, 0.717) is 12.1 Å². The van der Waals surface area contributed by atoms with E-state index in [2.05, 4.69) is 20.6 Å². The number of hydrogen-bond acceptors (Lipinski definition) is 12. The van der Waals surface area contributed by atoms with Crippen LogP contribution >= 0.6 is 11.3 Å². The van der Waals surface area contributed by atoms with Gasteiger partial charge >= 0.3 is 0 Å². The Kier molecular flexibility index (Phi) is 21.1. The maximum absolute atomic E-state index is 17.0. The number of para-hydroxylation sites is 1. The second kappa shape index (κ2) is 28.3. The van der Waals surface area contributed by atoms with Gasteiger partial charge < -0.3 is 49.0 Å². The number of aryl methyl sites for hydroxylation is 1. The Balaban J connectivity index is 0.737. The lowest BCUT2D eigenvalue weighted by Crippen LogP contribution is -2.67. The maximum Gasteiger partial charge on any atom is 0.282 e. The fourth-order valence-corrected chi connectivity index (χ4v) is 17.5. The van der Waals surface area contributed by atoms with Gasteiger partial charge in [0.15, 0.2) is 0 Å². The van der Waals surface area contributed by atoms with E-state index in [0.717, 1.165) is 60.7 Å². The van der Waals surface area contributed by atoms with Crippen molar-refractivity contribution in [2.24, 2.45) is 5.41 Å². The molecule has 15 nitrogen and oxygen atoms in total. The van der Waals surface area contributed by atoms with Crippen molar-refractivity contribution in [1.82, 2.24) is 30.4 Å². The minimum absolute atomic E-state index is 0.0427. The molecule has 0 spiro atoms. The number of halogens is 4. The van der Waals surface area contributed by atoms with E-state index in [1.54, 1.807) is 44.5 Å². The minimum Gasteiger partial charge on any atom is -0.491 e. The number of nitrogens with one attached hydrogen (secondary N) is 3. The number of β-amino-alcohol motifs (C(OH)–C–C–N with tert-alkyl or cyclic N) is 1. The number of benzene rings is 5. The summed E-state index contributed by atoms with van der Waals surface area (Å²) in [6.45, 7) is 13.6. The van der Waals surface area contributed by atoms with Gasteiger partial charge in [-0.15, -0.1) is 11.3 Å². The Hall–Kier alpha value is -6.82. The lowest BCUT2D eigenvalue weighted by atomic mass is 9.85. The molecule has 0 bridgehead atoms. The molecule has 88 heavy (non-hydrogen) atoms. The highest BCUT2D eigenvalue weighted by Gasteiger charge is 2.53. The third-order valence-electron chi connectivity index (χ3n) is 16.4. The Morgan fingerprint density at radius 2 is 1.42 bits per heavy atom. The molecule has 9 rings (SSSR count). The number of H-pyrrole nitrogens is 1. The predicted molar refractivity (Wildman–Crippen MR) is 334 cm³/mol. The predicted octanol–water partition coefficient (Wildman–Crippen LogP) is 9.66. The normalized spacial score (nSPS) is 17.9. The zero-order valence-corrected chi connectivity index (χ0v) is 53.0. The van der Waals surface area contributed by atoms with Crippen LogP contribution in [0.2, 0.25) is 5.04 Å². The van der Waals surface area contributed by atoms with Crippen LogP contribution in [0, 0.1) is 24.0 Å². The average molecular weight is 1250 g/mol. The lowest BCUT2D eigenvalue weighted by molar-refractivity contribution is -0.144. The number of alkyl halides is 2. The molecule has 0 aliphatic carbocycles. The molecule has 2 aliphatic heterocycles. The van der Waals surface area contributed by atoms with E-state index in [1.165, 1.54) is 9.80 Å². The van der Waals surface area contributed by atoms with Crippen LogP contribution in [0.4, 0.5) is 17.6 Å². The molecule has 1 fully saturated rings. The summed E-state index contributed by atoms with van der Waals surface area (Å²) in [6.07, 6.45) is -0.502. The smallest absolute Gasteiger partial charge is 0.282 e. The van der Waals surface area contributed by atoms with Crippen molar-refractivity contribution in [2.45, 2.75) is 116 Å². The monoisotopic (exact) mass is 1250 g/mol. The number of aromatic nitrogens is 2. The van der Waals surface area contributed by atoms with E-state index in [4.69, 9.17) is 23.4 Å². The number of ether oxygens (including phenoxy) is 4. The summed E-state index contributed by atoms with van der Waals surface area (Å²) in [5, 5.41) is 18.3. The third-order valence-corrected chi connectivity index (χ3v) is 22.3. The van der Waals surface area contributed by atoms with E-state index in [-0.39, 0.29) is 77.1 Å². The van der Waals surface area contributed by atoms with Gasteiger partial charge in [-0.3, -0.25) is 19.3 Å². The standard InChI is InChI=1S/C67H80F4N6O9SSi/c1-43-33-52-51-21-15-16-22-55(51)74-59(52)60(77(43)40-67(70,71)41-86-88(66(6,7)8,49-17-11-9-12-18-49)50-19-13-10-14-20-50)58-53(68)35-48(36-54(58)69)85-32-31-83-28-27-82-29-30-84-39-57(79)75-62(65(3,4)5)64(81)76-38-47(78)34-56(76)63(80)72-37-45-23-25-46(26-24-45)61-44(2)73-42-87-61/h9-26,35-36,42-43,47,56,60,62,74,78H,27-34,37-41H2,1-8H3,(H,72,80)(H,75,79)/t43-,47-,56+,60-,62?/m1/s1. The third kappa shape index (κ3) is 15.2. The van der Waals surface area contributed by atoms with Crippen molar-refractivity contribution in [1.29, 1.82) is 0 Å². The zero-order chi connectivity index (χ0) is 63.0. The first-order valence-electron chi connectivity index (χ1n) is 29.8. The molecular weight excluding hydrogens is 1170 g/mol. The number of rotatable bonds is 26. The highest BCUT2D eigenvalue weighted by Crippen LogP contribution is 2.45. The molecule has 0 radical (unpaired) electrons. The number of carbonyl (C=O) groups excluding carboxylic acids is 3. The Labute approximate surface area is 517 Å². The number of likely N-dealkylation sites (tertiary alicyclic amines) is 1. The first-order chi connectivity index (χ1) is 42.0. The van der Waals surface area contributed by atoms with Crippen LogP contribution in [0.15, 0.2) is 127 Å². The fraction of sp³-hybridized carbons (Fsp3) is 0.433. The largest absolute Gasteiger partial charge is 0.491 e. The molecular formula is C67H80F4N6O9SSi. The van der Waals surface area contributed by atoms with Gasteiger partial charge in [0.1, 0.15) is 42.7 Å². The van der Waals surface area contributed by atoms with Gasteiger partial charge in [0.25, 0.3) is 14.2 Å². The van der Waals surface area contributed by atoms with Gasteiger partial charge in [0.05, 0.1) is 74.4 Å². The molecule has 7 aromatic rings. The first-order valence-corrected chi connectivity index (χ1v) is 32.6. The van der Waals surface area contributed by atoms with Crippen LogP contribution in [0.25, 0.3) is 21.3 Å². The van der Waals surface area contributed by atoms with Gasteiger partial charge in [0, 0.05) is 59.8 Å². The highest BCUT2D eigenvalue weighted by molar-refractivity contribution is 7.13. The molecule has 21 heteroatoms. The number of aromatic amines is 1. The highest BCUT2D eigenvalue weighted by atomic mass is 32.1. The van der Waals surface area contributed by atoms with Crippen molar-refractivity contribution < 1.29 is 60.4 Å². The number of fused-ring (bicyclic) bond motifs is 3. The topological polar surface area (TPSA) is 177 Å². The quantitative estimate of drug-likeness (QED) is 0.0231. The number of aliphatic hydroxyl groups excluding tert-OH is 1. The Morgan fingerprint density at radius 3 is 2.02 bits per heavy atom. The van der Waals surface area contributed by atoms with Gasteiger partial charge in [-0.1, -0.05) is 145 Å². The van der Waals surface area contributed by atoms with Crippen molar-refractivity contribution in [3.63, 3.8) is 0 Å². The summed E-state index contributed by atoms with van der Waals surface area (Å²) in [5.41, 5.74) is 5.46. The summed E-state index contributed by atoms with van der Waals surface area (Å²) in [5.74, 6) is -6.93. The fourth-order valence-electron chi connectivity index (χ4n) is 12.1. The van der Waals surface area contributed by atoms with Crippen LogP contribution in [0.5, 0.6) is 5.75 Å². The molecule has 4 N–H and O–H groups in total. The average Bonchev–Trinajstić information content (AvgIpc) is 1.33. The molecule has 470 valence electrons. The SMILES string of the molecule is Cc1ncsc1-c1ccc(CNC(=O)[C@@H]2C[C@@H](O)CN2C(=O)C(NC(=O)COCCOCCOCCOc2cc(F)c([C@@H]3c4[nH]c5ccccc5c4C[C@@H](C)N3CC(F)(F)CO[Si](c3ccccc3)(c3ccccc3)C(C)(C)C)c(F)c2)C(C)(C)C)cc1. The lowest BCUT2D eigenvalue weighted by Gasteiger charge is -2.45. The minimum atomic E-state index is -3.47. The Morgan fingerprint density at radius 1 is 0.818 bits per heavy atom. The molecule has 5 atom stereocenters. The summed E-state index contributed by atoms with van der Waals surface area (Å²) in [7, 11) is -3.38. The first kappa shape index (κ1) is 65.6. The molecule has 2 aliphatic rings. The second-order valence-electron chi connectivity index (χ2n) is 24.9. The van der Waals surface area contributed by atoms with Crippen molar-refractivity contribution >= 4 is 58.7 Å². The molecule has 1 saturated heterocycles. The zero-order valence-electron chi connectivity index (χ0n) is 51.2. The van der Waals surface area contributed by atoms with Crippen LogP contribution < -0.4 is 25.7 Å². The summed E-state index contributed by atoms with van der Waals surface area (Å²) < 4.78 is 96.7. The van der Waals surface area contributed by atoms with Crippen LogP contribution in [-0.4, -0.2) is 147 Å². The number of thiazole rings is 1. The maximum atomic E-state index is 17.0. The van der Waals surface area contributed by atoms with Crippen LogP contribution in [0.3, 0.4) is 0 Å². The molecule has 3 amide bonds. The van der Waals surface area contributed by atoms with Crippen molar-refractivity contribution in [3.05, 3.63) is 167 Å². The van der Waals surface area contributed by atoms with Crippen molar-refractivity contribution in [2.75, 3.05) is 65.9 Å². The van der Waals surface area contributed by atoms with E-state index >= 15 is 17.6 Å². The molecule has 5 aromatic carbocycles. The molecule has 1 unspecified atom stereocenters. The van der Waals surface area contributed by atoms with Gasteiger partial charge in [-0.25, -0.2) is 22.5 Å². The van der Waals surface area contributed by atoms with Crippen LogP contribution in [0.1, 0.15) is 89.0 Å². The van der Waals surface area contributed by atoms with Gasteiger partial charge in [0.2, 0.25) is 17.7 Å². The summed E-state index contributed by atoms with van der Waals surface area (Å²) in [4.78, 5) is 52.2.